The highest BCUT2D eigenvalue weighted by atomic mass is 32.2. The van der Waals surface area contributed by atoms with Gasteiger partial charge in [0.2, 0.25) is 5.91 Å². The van der Waals surface area contributed by atoms with Crippen molar-refractivity contribution in [2.24, 2.45) is 0 Å². The molecule has 0 bridgehead atoms. The lowest BCUT2D eigenvalue weighted by Crippen LogP contribution is -2.49. The maximum absolute atomic E-state index is 12.1. The number of fused-ring (bicyclic) bond motifs is 1. The molecule has 1 aromatic rings. The largest absolute Gasteiger partial charge is 0.354 e. The predicted octanol–water partition coefficient (Wildman–Crippen LogP) is 0.584. The molecule has 2 rings (SSSR count). The van der Waals surface area contributed by atoms with Gasteiger partial charge in [-0.05, 0) is 24.5 Å². The van der Waals surface area contributed by atoms with Crippen LogP contribution in [0, 0.1) is 0 Å². The van der Waals surface area contributed by atoms with Gasteiger partial charge in [-0.3, -0.25) is 9.00 Å². The van der Waals surface area contributed by atoms with Crippen molar-refractivity contribution in [1.82, 2.24) is 10.6 Å². The first-order valence-electron chi connectivity index (χ1n) is 6.48. The van der Waals surface area contributed by atoms with Crippen LogP contribution in [-0.2, 0) is 28.6 Å². The van der Waals surface area contributed by atoms with Crippen LogP contribution >= 0.6 is 0 Å². The number of amides is 1. The van der Waals surface area contributed by atoms with Gasteiger partial charge in [0, 0.05) is 35.4 Å². The molecule has 1 aromatic carbocycles. The zero-order valence-electron chi connectivity index (χ0n) is 11.3. The number of carbonyl (C=O) groups excluding carboxylic acids is 1. The third-order valence-electron chi connectivity index (χ3n) is 3.53. The molecule has 1 heterocycles. The van der Waals surface area contributed by atoms with Gasteiger partial charge < -0.3 is 10.6 Å². The standard InChI is InChI=1S/C14H20N2O2S/c1-10(19(2)18)8-16-14(17)13-7-11-5-3-4-6-12(11)9-15-13/h3-6,10,13,15H,7-9H2,1-2H3,(H,16,17)/t10?,13-,19?/m1/s1. The maximum Gasteiger partial charge on any atom is 0.237 e. The van der Waals surface area contributed by atoms with Gasteiger partial charge >= 0.3 is 0 Å². The fourth-order valence-electron chi connectivity index (χ4n) is 2.12. The number of hydrogen-bond donors (Lipinski definition) is 2. The average molecular weight is 280 g/mol. The highest BCUT2D eigenvalue weighted by Gasteiger charge is 2.24. The van der Waals surface area contributed by atoms with Crippen LogP contribution in [-0.4, -0.2) is 34.2 Å². The summed E-state index contributed by atoms with van der Waals surface area (Å²) in [6, 6.07) is 7.98. The zero-order chi connectivity index (χ0) is 13.8. The van der Waals surface area contributed by atoms with Crippen molar-refractivity contribution in [2.75, 3.05) is 12.8 Å². The Labute approximate surface area is 116 Å². The Kier molecular flexibility index (Phi) is 4.71. The molecule has 1 aliphatic rings. The molecule has 0 radical (unpaired) electrons. The summed E-state index contributed by atoms with van der Waals surface area (Å²) in [5.41, 5.74) is 2.49. The molecule has 5 heteroatoms. The van der Waals surface area contributed by atoms with Crippen molar-refractivity contribution in [3.63, 3.8) is 0 Å². The number of rotatable bonds is 4. The van der Waals surface area contributed by atoms with Gasteiger partial charge in [-0.25, -0.2) is 0 Å². The molecule has 4 nitrogen and oxygen atoms in total. The minimum absolute atomic E-state index is 0.00759. The molecule has 0 fully saturated rings. The van der Waals surface area contributed by atoms with E-state index in [0.29, 0.717) is 13.0 Å². The quantitative estimate of drug-likeness (QED) is 0.848. The lowest BCUT2D eigenvalue weighted by Gasteiger charge is -2.25. The molecule has 3 atom stereocenters. The van der Waals surface area contributed by atoms with Gasteiger partial charge in [0.05, 0.1) is 6.04 Å². The van der Waals surface area contributed by atoms with Crippen LogP contribution in [0.25, 0.3) is 0 Å². The van der Waals surface area contributed by atoms with Crippen LogP contribution in [0.3, 0.4) is 0 Å². The summed E-state index contributed by atoms with van der Waals surface area (Å²) >= 11 is 0. The van der Waals surface area contributed by atoms with E-state index in [4.69, 9.17) is 0 Å². The fraction of sp³-hybridized carbons (Fsp3) is 0.500. The zero-order valence-corrected chi connectivity index (χ0v) is 12.1. The van der Waals surface area contributed by atoms with E-state index in [2.05, 4.69) is 22.8 Å². The van der Waals surface area contributed by atoms with Crippen molar-refractivity contribution in [1.29, 1.82) is 0 Å². The molecular weight excluding hydrogens is 260 g/mol. The predicted molar refractivity (Wildman–Crippen MR) is 77.3 cm³/mol. The average Bonchev–Trinajstić information content (AvgIpc) is 2.43. The van der Waals surface area contributed by atoms with Crippen molar-refractivity contribution >= 4 is 16.7 Å². The van der Waals surface area contributed by atoms with Crippen molar-refractivity contribution in [2.45, 2.75) is 31.2 Å². The lowest BCUT2D eigenvalue weighted by molar-refractivity contribution is -0.123. The molecule has 19 heavy (non-hydrogen) atoms. The van der Waals surface area contributed by atoms with Gasteiger partial charge in [0.1, 0.15) is 0 Å². The number of nitrogens with one attached hydrogen (secondary N) is 2. The molecule has 1 amide bonds. The molecule has 104 valence electrons. The van der Waals surface area contributed by atoms with Crippen molar-refractivity contribution in [3.05, 3.63) is 35.4 Å². The van der Waals surface area contributed by atoms with E-state index < -0.39 is 10.8 Å². The second-order valence-electron chi connectivity index (χ2n) is 4.96. The number of hydrogen-bond acceptors (Lipinski definition) is 3. The third kappa shape index (κ3) is 3.64. The summed E-state index contributed by atoms with van der Waals surface area (Å²) in [4.78, 5) is 12.1. The molecular formula is C14H20N2O2S. The van der Waals surface area contributed by atoms with Gasteiger partial charge in [0.25, 0.3) is 0 Å². The molecule has 2 unspecified atom stereocenters. The summed E-state index contributed by atoms with van der Waals surface area (Å²) in [6.45, 7) is 3.06. The number of benzene rings is 1. The van der Waals surface area contributed by atoms with Crippen molar-refractivity contribution in [3.8, 4) is 0 Å². The minimum Gasteiger partial charge on any atom is -0.354 e. The van der Waals surface area contributed by atoms with Crippen LogP contribution in [0.5, 0.6) is 0 Å². The first-order chi connectivity index (χ1) is 9.08. The fourth-order valence-corrected chi connectivity index (χ4v) is 2.44. The molecule has 1 aliphatic heterocycles. The normalized spacial score (nSPS) is 21.3. The van der Waals surface area contributed by atoms with E-state index in [0.717, 1.165) is 6.54 Å². The second-order valence-corrected chi connectivity index (χ2v) is 6.76. The monoisotopic (exact) mass is 280 g/mol. The molecule has 0 saturated carbocycles. The summed E-state index contributed by atoms with van der Waals surface area (Å²) in [6.07, 6.45) is 2.37. The Bertz CT molecular complexity index is 490. The summed E-state index contributed by atoms with van der Waals surface area (Å²) in [5.74, 6) is -0.00759. The molecule has 2 N–H and O–H groups in total. The lowest BCUT2D eigenvalue weighted by atomic mass is 9.95. The van der Waals surface area contributed by atoms with Crippen LogP contribution < -0.4 is 10.6 Å². The van der Waals surface area contributed by atoms with Gasteiger partial charge in [-0.15, -0.1) is 0 Å². The first-order valence-corrected chi connectivity index (χ1v) is 8.10. The summed E-state index contributed by atoms with van der Waals surface area (Å²) in [5, 5.41) is 6.10. The summed E-state index contributed by atoms with van der Waals surface area (Å²) in [7, 11) is -0.903. The molecule has 0 aromatic heterocycles. The van der Waals surface area contributed by atoms with E-state index >= 15 is 0 Å². The van der Waals surface area contributed by atoms with E-state index in [1.54, 1.807) is 6.26 Å². The Morgan fingerprint density at radius 3 is 2.84 bits per heavy atom. The first kappa shape index (κ1) is 14.2. The third-order valence-corrected chi connectivity index (χ3v) is 4.83. The van der Waals surface area contributed by atoms with E-state index in [1.165, 1.54) is 11.1 Å². The second kappa shape index (κ2) is 6.30. The van der Waals surface area contributed by atoms with Gasteiger partial charge in [0.15, 0.2) is 0 Å². The molecule has 0 spiro atoms. The van der Waals surface area contributed by atoms with E-state index in [1.807, 2.05) is 19.1 Å². The SMILES string of the molecule is CC(CNC(=O)[C@H]1Cc2ccccc2CN1)S(C)=O. The Morgan fingerprint density at radius 1 is 1.47 bits per heavy atom. The molecule has 0 aliphatic carbocycles. The molecule has 0 saturated heterocycles. The summed E-state index contributed by atoms with van der Waals surface area (Å²) < 4.78 is 11.2. The van der Waals surface area contributed by atoms with Gasteiger partial charge in [-0.2, -0.15) is 0 Å². The highest BCUT2D eigenvalue weighted by Crippen LogP contribution is 2.16. The van der Waals surface area contributed by atoms with E-state index in [-0.39, 0.29) is 17.2 Å². The smallest absolute Gasteiger partial charge is 0.237 e. The minimum atomic E-state index is -0.903. The van der Waals surface area contributed by atoms with Crippen LogP contribution in [0.2, 0.25) is 0 Å². The van der Waals surface area contributed by atoms with Crippen LogP contribution in [0.15, 0.2) is 24.3 Å². The van der Waals surface area contributed by atoms with E-state index in [9.17, 15) is 9.00 Å². The van der Waals surface area contributed by atoms with Gasteiger partial charge in [-0.1, -0.05) is 24.3 Å². The Balaban J connectivity index is 1.90. The topological polar surface area (TPSA) is 58.2 Å². The van der Waals surface area contributed by atoms with Crippen molar-refractivity contribution < 1.29 is 9.00 Å². The maximum atomic E-state index is 12.1. The highest BCUT2D eigenvalue weighted by molar-refractivity contribution is 7.84. The van der Waals surface area contributed by atoms with Crippen LogP contribution in [0.1, 0.15) is 18.1 Å². The van der Waals surface area contributed by atoms with Crippen LogP contribution in [0.4, 0.5) is 0 Å². The Morgan fingerprint density at radius 2 is 2.16 bits per heavy atom. The number of carbonyl (C=O) groups is 1. The Hall–Kier alpha value is -1.20.